The first-order valence-corrected chi connectivity index (χ1v) is 14.5. The zero-order chi connectivity index (χ0) is 26.2. The van der Waals surface area contributed by atoms with Gasteiger partial charge in [-0.2, -0.15) is 0 Å². The number of hydrogen-bond acceptors (Lipinski definition) is 3. The highest BCUT2D eigenvalue weighted by Crippen LogP contribution is 2.50. The highest BCUT2D eigenvalue weighted by atomic mass is 14.8. The quantitative estimate of drug-likeness (QED) is 0.240. The number of aromatic nitrogens is 3. The van der Waals surface area contributed by atoms with Crippen molar-refractivity contribution in [1.29, 1.82) is 0 Å². The molecule has 192 valence electrons. The van der Waals surface area contributed by atoms with Crippen LogP contribution in [0.1, 0.15) is 81.8 Å². The smallest absolute Gasteiger partial charge is 0.0686 e. The fourth-order valence-electron chi connectivity index (χ4n) is 8.07. The number of benzene rings is 1. The van der Waals surface area contributed by atoms with Gasteiger partial charge < -0.3 is 0 Å². The Balaban J connectivity index is 1.48. The second kappa shape index (κ2) is 8.56. The second-order valence-corrected chi connectivity index (χ2v) is 11.9. The third kappa shape index (κ3) is 3.33. The third-order valence-corrected chi connectivity index (χ3v) is 9.72. The number of rotatable bonds is 0. The molecule has 3 aromatic heterocycles. The van der Waals surface area contributed by atoms with E-state index in [0.29, 0.717) is 17.8 Å². The average Bonchev–Trinajstić information content (AvgIpc) is 2.98. The molecule has 4 unspecified atom stereocenters. The van der Waals surface area contributed by atoms with Crippen LogP contribution >= 0.6 is 0 Å². The molecule has 4 atom stereocenters. The maximum atomic E-state index is 5.45. The van der Waals surface area contributed by atoms with Crippen LogP contribution in [-0.2, 0) is 0 Å². The molecule has 3 nitrogen and oxygen atoms in total. The molecule has 1 aromatic carbocycles. The molecule has 4 aliphatic heterocycles. The molecule has 0 radical (unpaired) electrons. The molecule has 3 heteroatoms. The fraction of sp³-hybridized carbons (Fsp3) is 0.216. The Morgan fingerprint density at radius 1 is 0.475 bits per heavy atom. The SMILES string of the molecule is C1=CC2CC(=C1)C1c3cccc(n3)C3C4=CC=CC(C4)C2c2cccc(c2)C(c2cccc1n2)c1cccc3n1. The Morgan fingerprint density at radius 3 is 1.40 bits per heavy atom. The lowest BCUT2D eigenvalue weighted by molar-refractivity contribution is 0.384. The Hall–Kier alpha value is -4.37. The predicted molar refractivity (Wildman–Crippen MR) is 157 cm³/mol. The maximum Gasteiger partial charge on any atom is 0.0686 e. The monoisotopic (exact) mass is 515 g/mol. The second-order valence-electron chi connectivity index (χ2n) is 11.9. The standard InChI is InChI=1S/C37H29N3/c1-7-22-19-25(10-1)35-28-13-4-15-30(38-28)36-26-11-2-8-23(20-26)34(22)24-9-3-12-27(21-24)37(31-16-5-14-29(35)39-31)33-18-6-17-32(36)40-33/h1-19,23-24,34-37H,20-21H2. The van der Waals surface area contributed by atoms with Crippen molar-refractivity contribution in [2.24, 2.45) is 11.8 Å². The van der Waals surface area contributed by atoms with Crippen molar-refractivity contribution < 1.29 is 0 Å². The Bertz CT molecular complexity index is 1700. The van der Waals surface area contributed by atoms with Crippen molar-refractivity contribution >= 4 is 0 Å². The molecule has 0 fully saturated rings. The molecule has 2 aliphatic carbocycles. The van der Waals surface area contributed by atoms with Gasteiger partial charge in [0.15, 0.2) is 0 Å². The minimum atomic E-state index is -0.0416. The topological polar surface area (TPSA) is 38.7 Å². The van der Waals surface area contributed by atoms with Gasteiger partial charge in [0.1, 0.15) is 0 Å². The van der Waals surface area contributed by atoms with Crippen molar-refractivity contribution in [2.45, 2.75) is 36.5 Å². The molecule has 0 amide bonds. The van der Waals surface area contributed by atoms with E-state index in [1.165, 1.54) is 22.3 Å². The van der Waals surface area contributed by atoms with Crippen molar-refractivity contribution in [3.8, 4) is 0 Å². The minimum Gasteiger partial charge on any atom is -0.256 e. The number of pyridine rings is 3. The van der Waals surface area contributed by atoms with Crippen LogP contribution in [0.5, 0.6) is 0 Å². The van der Waals surface area contributed by atoms with E-state index in [-0.39, 0.29) is 17.8 Å². The lowest BCUT2D eigenvalue weighted by Gasteiger charge is -2.38. The van der Waals surface area contributed by atoms with Crippen LogP contribution in [0.3, 0.4) is 0 Å². The summed E-state index contributed by atoms with van der Waals surface area (Å²) < 4.78 is 0. The van der Waals surface area contributed by atoms with Crippen LogP contribution in [0.15, 0.2) is 126 Å². The summed E-state index contributed by atoms with van der Waals surface area (Å²) in [5.41, 5.74) is 11.9. The van der Waals surface area contributed by atoms with E-state index in [1.807, 2.05) is 0 Å². The van der Waals surface area contributed by atoms with Crippen LogP contribution in [-0.4, -0.2) is 15.0 Å². The molecule has 7 heterocycles. The molecule has 16 bridgehead atoms. The molecule has 4 aromatic rings. The Kier molecular flexibility index (Phi) is 4.81. The predicted octanol–water partition coefficient (Wildman–Crippen LogP) is 7.74. The first-order chi connectivity index (χ1) is 19.8. The summed E-state index contributed by atoms with van der Waals surface area (Å²) in [6, 6.07) is 29.1. The maximum absolute atomic E-state index is 5.45. The van der Waals surface area contributed by atoms with Gasteiger partial charge in [0.2, 0.25) is 0 Å². The lowest BCUT2D eigenvalue weighted by atomic mass is 9.66. The molecule has 40 heavy (non-hydrogen) atoms. The number of allylic oxidation sites excluding steroid dienone is 8. The molecule has 0 saturated carbocycles. The number of hydrogen-bond donors (Lipinski definition) is 0. The van der Waals surface area contributed by atoms with Gasteiger partial charge in [0.25, 0.3) is 0 Å². The van der Waals surface area contributed by atoms with Crippen molar-refractivity contribution in [1.82, 2.24) is 15.0 Å². The van der Waals surface area contributed by atoms with Gasteiger partial charge in [0.05, 0.1) is 51.9 Å². The van der Waals surface area contributed by atoms with Gasteiger partial charge in [-0.25, -0.2) is 0 Å². The largest absolute Gasteiger partial charge is 0.256 e. The van der Waals surface area contributed by atoms with E-state index < -0.39 is 0 Å². The number of nitrogens with zero attached hydrogens (tertiary/aromatic N) is 3. The first kappa shape index (κ1) is 22.4. The van der Waals surface area contributed by atoms with E-state index >= 15 is 0 Å². The molecular formula is C37H29N3. The van der Waals surface area contributed by atoms with Crippen molar-refractivity contribution in [3.63, 3.8) is 0 Å². The van der Waals surface area contributed by atoms with E-state index in [4.69, 9.17) is 15.0 Å². The first-order valence-electron chi connectivity index (χ1n) is 14.5. The fourth-order valence-corrected chi connectivity index (χ4v) is 8.07. The summed E-state index contributed by atoms with van der Waals surface area (Å²) >= 11 is 0. The van der Waals surface area contributed by atoms with Crippen LogP contribution in [0.25, 0.3) is 0 Å². The molecule has 0 N–H and O–H groups in total. The van der Waals surface area contributed by atoms with Crippen LogP contribution in [0, 0.1) is 11.8 Å². The lowest BCUT2D eigenvalue weighted by Crippen LogP contribution is -2.27. The molecular weight excluding hydrogens is 486 g/mol. The van der Waals surface area contributed by atoms with Crippen molar-refractivity contribution in [3.05, 3.63) is 172 Å². The molecule has 6 aliphatic rings. The summed E-state index contributed by atoms with van der Waals surface area (Å²) in [5, 5.41) is 0. The van der Waals surface area contributed by atoms with Crippen LogP contribution < -0.4 is 0 Å². The molecule has 10 rings (SSSR count). The highest BCUT2D eigenvalue weighted by molar-refractivity contribution is 5.49. The summed E-state index contributed by atoms with van der Waals surface area (Å²) in [5.74, 6) is 1.16. The third-order valence-electron chi connectivity index (χ3n) is 9.72. The van der Waals surface area contributed by atoms with E-state index in [2.05, 4.69) is 115 Å². The van der Waals surface area contributed by atoms with Gasteiger partial charge in [-0.1, -0.05) is 90.1 Å². The normalized spacial score (nSPS) is 28.4. The van der Waals surface area contributed by atoms with E-state index in [1.54, 1.807) is 0 Å². The van der Waals surface area contributed by atoms with Gasteiger partial charge in [-0.05, 0) is 78.1 Å². The van der Waals surface area contributed by atoms with Gasteiger partial charge >= 0.3 is 0 Å². The van der Waals surface area contributed by atoms with Crippen molar-refractivity contribution in [2.75, 3.05) is 0 Å². The van der Waals surface area contributed by atoms with Crippen LogP contribution in [0.2, 0.25) is 0 Å². The van der Waals surface area contributed by atoms with E-state index in [0.717, 1.165) is 47.0 Å². The highest BCUT2D eigenvalue weighted by Gasteiger charge is 2.38. The summed E-state index contributed by atoms with van der Waals surface area (Å²) in [7, 11) is 0. The minimum absolute atomic E-state index is 0.0154. The van der Waals surface area contributed by atoms with Crippen LogP contribution in [0.4, 0.5) is 0 Å². The van der Waals surface area contributed by atoms with Gasteiger partial charge in [0, 0.05) is 0 Å². The molecule has 0 spiro atoms. The van der Waals surface area contributed by atoms with Gasteiger partial charge in [-0.15, -0.1) is 0 Å². The molecule has 0 saturated heterocycles. The van der Waals surface area contributed by atoms with Gasteiger partial charge in [-0.3, -0.25) is 15.0 Å². The summed E-state index contributed by atoms with van der Waals surface area (Å²) in [4.78, 5) is 16.3. The zero-order valence-electron chi connectivity index (χ0n) is 22.2. The summed E-state index contributed by atoms with van der Waals surface area (Å²) in [6.45, 7) is 0. The summed E-state index contributed by atoms with van der Waals surface area (Å²) in [6.07, 6.45) is 16.2. The van der Waals surface area contributed by atoms with E-state index in [9.17, 15) is 0 Å². The Morgan fingerprint density at radius 2 is 0.900 bits per heavy atom. The zero-order valence-corrected chi connectivity index (χ0v) is 22.2. The Labute approximate surface area is 234 Å². The average molecular weight is 516 g/mol.